The van der Waals surface area contributed by atoms with Crippen LogP contribution in [0.25, 0.3) is 0 Å². The summed E-state index contributed by atoms with van der Waals surface area (Å²) in [6, 6.07) is 18.8. The van der Waals surface area contributed by atoms with E-state index in [9.17, 15) is 23.1 Å². The molecule has 1 aliphatic rings. The number of halogens is 4. The van der Waals surface area contributed by atoms with Crippen molar-refractivity contribution < 1.29 is 23.1 Å². The van der Waals surface area contributed by atoms with E-state index in [0.717, 1.165) is 4.90 Å². The molecule has 0 aromatic heterocycles. The summed E-state index contributed by atoms with van der Waals surface area (Å²) >= 11 is 6.22. The lowest BCUT2D eigenvalue weighted by molar-refractivity contribution is -0.197. The lowest BCUT2D eigenvalue weighted by Gasteiger charge is -2.41. The summed E-state index contributed by atoms with van der Waals surface area (Å²) in [7, 11) is 0. The van der Waals surface area contributed by atoms with E-state index in [0.29, 0.717) is 0 Å². The van der Waals surface area contributed by atoms with Gasteiger partial charge in [-0.05, 0) is 23.8 Å². The number of hydrogen-bond donors (Lipinski definition) is 1. The third-order valence-electron chi connectivity index (χ3n) is 5.05. The molecule has 2 atom stereocenters. The van der Waals surface area contributed by atoms with Crippen molar-refractivity contribution in [3.8, 4) is 0 Å². The minimum absolute atomic E-state index is 0.0000934. The Balaban J connectivity index is 2.05. The Morgan fingerprint density at radius 2 is 1.48 bits per heavy atom. The van der Waals surface area contributed by atoms with Crippen LogP contribution in [0.15, 0.2) is 78.9 Å². The number of rotatable bonds is 3. The largest absolute Gasteiger partial charge is 0.400 e. The Bertz CT molecular complexity index is 1070. The molecule has 0 saturated carbocycles. The van der Waals surface area contributed by atoms with Gasteiger partial charge in [-0.1, -0.05) is 72.3 Å². The predicted molar refractivity (Wildman–Crippen MR) is 104 cm³/mol. The van der Waals surface area contributed by atoms with E-state index in [-0.39, 0.29) is 27.4 Å². The second-order valence-electron chi connectivity index (χ2n) is 6.75. The molecule has 0 saturated heterocycles. The second kappa shape index (κ2) is 6.90. The normalized spacial score (nSPS) is 19.9. The first-order chi connectivity index (χ1) is 13.8. The van der Waals surface area contributed by atoms with Gasteiger partial charge in [0.05, 0.1) is 10.7 Å². The fraction of sp³-hybridized carbons (Fsp3) is 0.136. The molecule has 3 aromatic carbocycles. The minimum atomic E-state index is -4.85. The van der Waals surface area contributed by atoms with Crippen molar-refractivity contribution >= 4 is 23.2 Å². The van der Waals surface area contributed by atoms with Crippen LogP contribution in [0.4, 0.5) is 18.9 Å². The number of carbonyl (C=O) groups excluding carboxylic acids is 1. The van der Waals surface area contributed by atoms with Gasteiger partial charge in [-0.2, -0.15) is 13.2 Å². The van der Waals surface area contributed by atoms with E-state index >= 15 is 0 Å². The first-order valence-electron chi connectivity index (χ1n) is 8.79. The lowest BCUT2D eigenvalue weighted by atomic mass is 9.82. The number of aliphatic hydroxyl groups is 1. The zero-order valence-corrected chi connectivity index (χ0v) is 15.7. The average Bonchev–Trinajstić information content (AvgIpc) is 2.90. The monoisotopic (exact) mass is 417 g/mol. The van der Waals surface area contributed by atoms with Crippen LogP contribution in [0.1, 0.15) is 27.4 Å². The molecule has 1 heterocycles. The molecule has 0 bridgehead atoms. The smallest absolute Gasteiger partial charge is 0.366 e. The molecule has 1 aliphatic heterocycles. The highest BCUT2D eigenvalue weighted by molar-refractivity contribution is 6.34. The second-order valence-corrected chi connectivity index (χ2v) is 7.16. The van der Waals surface area contributed by atoms with Gasteiger partial charge in [-0.15, -0.1) is 0 Å². The Morgan fingerprint density at radius 1 is 0.897 bits per heavy atom. The Hall–Kier alpha value is -2.83. The molecule has 1 N–H and O–H groups in total. The number of carbonyl (C=O) groups is 1. The van der Waals surface area contributed by atoms with E-state index in [1.807, 2.05) is 0 Å². The Kier molecular flexibility index (Phi) is 4.63. The van der Waals surface area contributed by atoms with Gasteiger partial charge in [0.2, 0.25) is 0 Å². The summed E-state index contributed by atoms with van der Waals surface area (Å²) < 4.78 is 43.1. The molecule has 0 fully saturated rings. The van der Waals surface area contributed by atoms with E-state index in [4.69, 9.17) is 11.6 Å². The molecule has 1 amide bonds. The molecule has 148 valence electrons. The van der Waals surface area contributed by atoms with Crippen molar-refractivity contribution in [3.05, 3.63) is 101 Å². The Labute approximate surface area is 170 Å². The molecule has 4 rings (SSSR count). The lowest BCUT2D eigenvalue weighted by Crippen LogP contribution is -2.53. The molecule has 7 heteroatoms. The van der Waals surface area contributed by atoms with Crippen LogP contribution in [-0.4, -0.2) is 17.2 Å². The third kappa shape index (κ3) is 2.99. The maximum Gasteiger partial charge on any atom is 0.400 e. The van der Waals surface area contributed by atoms with E-state index in [1.54, 1.807) is 24.3 Å². The van der Waals surface area contributed by atoms with Crippen molar-refractivity contribution in [1.82, 2.24) is 0 Å². The maximum absolute atomic E-state index is 14.4. The minimum Gasteiger partial charge on any atom is -0.366 e. The Morgan fingerprint density at radius 3 is 2.14 bits per heavy atom. The van der Waals surface area contributed by atoms with Crippen LogP contribution in [0.2, 0.25) is 5.02 Å². The molecular formula is C22H15ClF3NO2. The number of amides is 1. The van der Waals surface area contributed by atoms with Crippen molar-refractivity contribution in [1.29, 1.82) is 0 Å². The van der Waals surface area contributed by atoms with Crippen molar-refractivity contribution in [3.63, 3.8) is 0 Å². The summed E-state index contributed by atoms with van der Waals surface area (Å²) in [5.41, 5.74) is -2.98. The number of benzene rings is 3. The summed E-state index contributed by atoms with van der Waals surface area (Å²) in [6.45, 7) is 0. The van der Waals surface area contributed by atoms with Gasteiger partial charge in [0.1, 0.15) is 5.92 Å². The first kappa shape index (κ1) is 19.5. The van der Waals surface area contributed by atoms with Gasteiger partial charge in [0.15, 0.2) is 5.72 Å². The van der Waals surface area contributed by atoms with Crippen molar-refractivity contribution in [2.45, 2.75) is 17.8 Å². The standard InChI is InChI=1S/C22H15ClF3NO2/c23-17-12-6-7-13-18(17)27-20(28)15-10-4-5-11-16(15)21(27,29)19(22(24,25)26)14-8-2-1-3-9-14/h1-13,19,29H. The van der Waals surface area contributed by atoms with E-state index < -0.39 is 23.7 Å². The molecular weight excluding hydrogens is 403 g/mol. The molecule has 0 radical (unpaired) electrons. The summed E-state index contributed by atoms with van der Waals surface area (Å²) in [4.78, 5) is 13.9. The topological polar surface area (TPSA) is 40.5 Å². The number of para-hydroxylation sites is 1. The van der Waals surface area contributed by atoms with Crippen LogP contribution in [0.5, 0.6) is 0 Å². The molecule has 0 aliphatic carbocycles. The van der Waals surface area contributed by atoms with Crippen LogP contribution in [0.3, 0.4) is 0 Å². The van der Waals surface area contributed by atoms with Crippen molar-refractivity contribution in [2.24, 2.45) is 0 Å². The summed E-state index contributed by atoms with van der Waals surface area (Å²) in [6.07, 6.45) is -4.85. The molecule has 0 spiro atoms. The van der Waals surface area contributed by atoms with Crippen LogP contribution in [0, 0.1) is 0 Å². The van der Waals surface area contributed by atoms with E-state index in [1.165, 1.54) is 54.6 Å². The predicted octanol–water partition coefficient (Wildman–Crippen LogP) is 5.49. The third-order valence-corrected chi connectivity index (χ3v) is 5.37. The summed E-state index contributed by atoms with van der Waals surface area (Å²) in [5.74, 6) is -3.14. The number of fused-ring (bicyclic) bond motifs is 1. The van der Waals surface area contributed by atoms with Gasteiger partial charge in [-0.3, -0.25) is 9.69 Å². The zero-order chi connectivity index (χ0) is 20.8. The number of nitrogens with zero attached hydrogens (tertiary/aromatic N) is 1. The van der Waals surface area contributed by atoms with E-state index in [2.05, 4.69) is 0 Å². The number of anilines is 1. The van der Waals surface area contributed by atoms with Crippen molar-refractivity contribution in [2.75, 3.05) is 4.90 Å². The SMILES string of the molecule is O=C1c2ccccc2C(O)(C(c2ccccc2)C(F)(F)F)N1c1ccccc1Cl. The highest BCUT2D eigenvalue weighted by Crippen LogP contribution is 2.55. The fourth-order valence-electron chi connectivity index (χ4n) is 3.89. The zero-order valence-electron chi connectivity index (χ0n) is 14.9. The molecule has 29 heavy (non-hydrogen) atoms. The highest BCUT2D eigenvalue weighted by Gasteiger charge is 2.63. The van der Waals surface area contributed by atoms with Gasteiger partial charge >= 0.3 is 6.18 Å². The quantitative estimate of drug-likeness (QED) is 0.612. The highest BCUT2D eigenvalue weighted by atomic mass is 35.5. The molecule has 2 unspecified atom stereocenters. The first-order valence-corrected chi connectivity index (χ1v) is 9.16. The van der Waals surface area contributed by atoms with Gasteiger partial charge < -0.3 is 5.11 Å². The molecule has 3 nitrogen and oxygen atoms in total. The van der Waals surface area contributed by atoms with Gasteiger partial charge in [0.25, 0.3) is 5.91 Å². The number of hydrogen-bond acceptors (Lipinski definition) is 2. The summed E-state index contributed by atoms with van der Waals surface area (Å²) in [5, 5.41) is 11.8. The van der Waals surface area contributed by atoms with Crippen LogP contribution < -0.4 is 4.90 Å². The average molecular weight is 418 g/mol. The molecule has 3 aromatic rings. The fourth-order valence-corrected chi connectivity index (χ4v) is 4.11. The number of alkyl halides is 3. The van der Waals surface area contributed by atoms with Crippen LogP contribution in [-0.2, 0) is 5.72 Å². The maximum atomic E-state index is 14.4. The van der Waals surface area contributed by atoms with Gasteiger partial charge in [-0.25, -0.2) is 0 Å². The van der Waals surface area contributed by atoms with Crippen LogP contribution >= 0.6 is 11.6 Å². The van der Waals surface area contributed by atoms with Gasteiger partial charge in [0, 0.05) is 11.1 Å².